The largest absolute Gasteiger partial charge is 0.399 e. The van der Waals surface area contributed by atoms with E-state index < -0.39 is 11.2 Å². The number of carbonyl (C=O) groups is 1. The number of hydrogen-bond donors (Lipinski definition) is 2. The number of halogens is 1. The molecule has 3 N–H and O–H groups in total. The van der Waals surface area contributed by atoms with Gasteiger partial charge < -0.3 is 11.1 Å². The monoisotopic (exact) mass is 270 g/mol. The van der Waals surface area contributed by atoms with Crippen LogP contribution in [0.5, 0.6) is 0 Å². The van der Waals surface area contributed by atoms with Crippen molar-refractivity contribution in [1.29, 1.82) is 0 Å². The van der Waals surface area contributed by atoms with Crippen LogP contribution in [0, 0.1) is 5.82 Å². The fourth-order valence-corrected chi connectivity index (χ4v) is 2.41. The highest BCUT2D eigenvalue weighted by Gasteiger charge is 2.51. The number of hydrogen-bond acceptors (Lipinski definition) is 2. The lowest BCUT2D eigenvalue weighted by Crippen LogP contribution is -2.28. The zero-order valence-corrected chi connectivity index (χ0v) is 10.9. The Morgan fingerprint density at radius 3 is 2.50 bits per heavy atom. The number of amides is 1. The molecule has 20 heavy (non-hydrogen) atoms. The SMILES string of the molecule is Nc1ccc(F)c(NC(=O)C2(c3ccccc3)CC2)c1. The second kappa shape index (κ2) is 4.63. The van der Waals surface area contributed by atoms with E-state index in [9.17, 15) is 9.18 Å². The van der Waals surface area contributed by atoms with Crippen molar-refractivity contribution in [2.45, 2.75) is 18.3 Å². The predicted molar refractivity (Wildman–Crippen MR) is 76.8 cm³/mol. The Bertz CT molecular complexity index is 651. The van der Waals surface area contributed by atoms with Gasteiger partial charge >= 0.3 is 0 Å². The molecule has 102 valence electrons. The van der Waals surface area contributed by atoms with Crippen LogP contribution in [0.15, 0.2) is 48.5 Å². The Labute approximate surface area is 116 Å². The van der Waals surface area contributed by atoms with Gasteiger partial charge in [0.2, 0.25) is 5.91 Å². The van der Waals surface area contributed by atoms with Crippen molar-refractivity contribution < 1.29 is 9.18 Å². The van der Waals surface area contributed by atoms with Crippen LogP contribution in [-0.2, 0) is 10.2 Å². The Kier molecular flexibility index (Phi) is 2.93. The first-order valence-electron chi connectivity index (χ1n) is 6.54. The molecule has 2 aromatic carbocycles. The summed E-state index contributed by atoms with van der Waals surface area (Å²) >= 11 is 0. The fourth-order valence-electron chi connectivity index (χ4n) is 2.41. The molecule has 3 nitrogen and oxygen atoms in total. The van der Waals surface area contributed by atoms with Gasteiger partial charge in [-0.2, -0.15) is 0 Å². The van der Waals surface area contributed by atoms with Gasteiger partial charge in [0.25, 0.3) is 0 Å². The fraction of sp³-hybridized carbons (Fsp3) is 0.188. The first kappa shape index (κ1) is 12.7. The summed E-state index contributed by atoms with van der Waals surface area (Å²) in [6, 6.07) is 13.8. The molecular weight excluding hydrogens is 255 g/mol. The number of carbonyl (C=O) groups excluding carboxylic acids is 1. The lowest BCUT2D eigenvalue weighted by molar-refractivity contribution is -0.118. The number of nitrogen functional groups attached to an aromatic ring is 1. The van der Waals surface area contributed by atoms with Gasteiger partial charge in [-0.3, -0.25) is 4.79 Å². The third-order valence-electron chi connectivity index (χ3n) is 3.75. The highest BCUT2D eigenvalue weighted by molar-refractivity contribution is 6.01. The van der Waals surface area contributed by atoms with E-state index in [1.54, 1.807) is 0 Å². The van der Waals surface area contributed by atoms with E-state index in [4.69, 9.17) is 5.73 Å². The van der Waals surface area contributed by atoms with Gasteiger partial charge in [-0.25, -0.2) is 4.39 Å². The smallest absolute Gasteiger partial charge is 0.235 e. The molecule has 0 spiro atoms. The third-order valence-corrected chi connectivity index (χ3v) is 3.75. The van der Waals surface area contributed by atoms with Crippen LogP contribution in [0.2, 0.25) is 0 Å². The van der Waals surface area contributed by atoms with Crippen molar-refractivity contribution in [3.63, 3.8) is 0 Å². The maximum atomic E-state index is 13.7. The number of nitrogens with two attached hydrogens (primary N) is 1. The Morgan fingerprint density at radius 2 is 1.85 bits per heavy atom. The quantitative estimate of drug-likeness (QED) is 0.842. The van der Waals surface area contributed by atoms with Gasteiger partial charge in [0.1, 0.15) is 5.82 Å². The summed E-state index contributed by atoms with van der Waals surface area (Å²) in [5.41, 5.74) is 6.64. The Balaban J connectivity index is 1.85. The summed E-state index contributed by atoms with van der Waals surface area (Å²) < 4.78 is 13.7. The van der Waals surface area contributed by atoms with Crippen LogP contribution in [0.1, 0.15) is 18.4 Å². The predicted octanol–water partition coefficient (Wildman–Crippen LogP) is 3.08. The standard InChI is InChI=1S/C16H15FN2O/c17-13-7-6-12(18)10-14(13)19-15(20)16(8-9-16)11-4-2-1-3-5-11/h1-7,10H,8-9,18H2,(H,19,20). The van der Waals surface area contributed by atoms with E-state index in [-0.39, 0.29) is 11.6 Å². The minimum Gasteiger partial charge on any atom is -0.399 e. The molecule has 0 radical (unpaired) electrons. The number of anilines is 2. The molecule has 1 fully saturated rings. The molecule has 4 heteroatoms. The number of benzene rings is 2. The minimum absolute atomic E-state index is 0.136. The molecule has 1 aliphatic rings. The van der Waals surface area contributed by atoms with Crippen LogP contribution in [0.4, 0.5) is 15.8 Å². The highest BCUT2D eigenvalue weighted by atomic mass is 19.1. The molecule has 0 atom stereocenters. The summed E-state index contributed by atoms with van der Waals surface area (Å²) in [5, 5.41) is 2.66. The topological polar surface area (TPSA) is 55.1 Å². The summed E-state index contributed by atoms with van der Waals surface area (Å²) in [6.07, 6.45) is 1.57. The van der Waals surface area contributed by atoms with Crippen LogP contribution >= 0.6 is 0 Å². The molecule has 3 rings (SSSR count). The zero-order chi connectivity index (χ0) is 14.2. The van der Waals surface area contributed by atoms with Gasteiger partial charge in [0.15, 0.2) is 0 Å². The number of rotatable bonds is 3. The van der Waals surface area contributed by atoms with Crippen LogP contribution in [0.25, 0.3) is 0 Å². The van der Waals surface area contributed by atoms with Gasteiger partial charge in [0.05, 0.1) is 11.1 Å². The highest BCUT2D eigenvalue weighted by Crippen LogP contribution is 2.49. The van der Waals surface area contributed by atoms with E-state index in [0.29, 0.717) is 5.69 Å². The summed E-state index contributed by atoms with van der Waals surface area (Å²) in [4.78, 5) is 12.4. The van der Waals surface area contributed by atoms with Crippen molar-refractivity contribution in [2.24, 2.45) is 0 Å². The molecular formula is C16H15FN2O. The first-order chi connectivity index (χ1) is 9.62. The summed E-state index contributed by atoms with van der Waals surface area (Å²) in [6.45, 7) is 0. The second-order valence-corrected chi connectivity index (χ2v) is 5.14. The lowest BCUT2D eigenvalue weighted by atomic mass is 9.95. The maximum Gasteiger partial charge on any atom is 0.235 e. The van der Waals surface area contributed by atoms with E-state index in [2.05, 4.69) is 5.32 Å². The van der Waals surface area contributed by atoms with Crippen molar-refractivity contribution in [1.82, 2.24) is 0 Å². The average molecular weight is 270 g/mol. The van der Waals surface area contributed by atoms with E-state index >= 15 is 0 Å². The van der Waals surface area contributed by atoms with Gasteiger partial charge in [0, 0.05) is 5.69 Å². The lowest BCUT2D eigenvalue weighted by Gasteiger charge is -2.16. The molecule has 1 saturated carbocycles. The summed E-state index contributed by atoms with van der Waals surface area (Å²) in [7, 11) is 0. The molecule has 2 aromatic rings. The average Bonchev–Trinajstić information content (AvgIpc) is 3.25. The first-order valence-corrected chi connectivity index (χ1v) is 6.54. The molecule has 0 saturated heterocycles. The van der Waals surface area contributed by atoms with Gasteiger partial charge in [-0.15, -0.1) is 0 Å². The van der Waals surface area contributed by atoms with Crippen molar-refractivity contribution in [3.05, 3.63) is 59.9 Å². The molecule has 0 unspecified atom stereocenters. The van der Waals surface area contributed by atoms with E-state index in [0.717, 1.165) is 18.4 Å². The van der Waals surface area contributed by atoms with Crippen molar-refractivity contribution in [2.75, 3.05) is 11.1 Å². The zero-order valence-electron chi connectivity index (χ0n) is 10.9. The molecule has 0 aliphatic heterocycles. The van der Waals surface area contributed by atoms with Gasteiger partial charge in [-0.05, 0) is 36.6 Å². The van der Waals surface area contributed by atoms with Crippen LogP contribution < -0.4 is 11.1 Å². The molecule has 1 aliphatic carbocycles. The third kappa shape index (κ3) is 2.13. The van der Waals surface area contributed by atoms with Crippen molar-refractivity contribution in [3.8, 4) is 0 Å². The second-order valence-electron chi connectivity index (χ2n) is 5.14. The molecule has 0 bridgehead atoms. The molecule has 1 amide bonds. The normalized spacial score (nSPS) is 15.7. The van der Waals surface area contributed by atoms with Crippen LogP contribution in [0.3, 0.4) is 0 Å². The molecule has 0 heterocycles. The van der Waals surface area contributed by atoms with Gasteiger partial charge in [-0.1, -0.05) is 30.3 Å². The summed E-state index contributed by atoms with van der Waals surface area (Å²) in [5.74, 6) is -0.649. The van der Waals surface area contributed by atoms with Crippen molar-refractivity contribution >= 4 is 17.3 Å². The minimum atomic E-state index is -0.516. The molecule has 0 aromatic heterocycles. The Morgan fingerprint density at radius 1 is 1.15 bits per heavy atom. The van der Waals surface area contributed by atoms with E-state index in [1.165, 1.54) is 18.2 Å². The Hall–Kier alpha value is -2.36. The van der Waals surface area contributed by atoms with Crippen LogP contribution in [-0.4, -0.2) is 5.91 Å². The van der Waals surface area contributed by atoms with E-state index in [1.807, 2.05) is 30.3 Å². The maximum absolute atomic E-state index is 13.7. The number of nitrogens with one attached hydrogen (secondary N) is 1.